The zero-order chi connectivity index (χ0) is 14.3. The van der Waals surface area contributed by atoms with Gasteiger partial charge in [-0.25, -0.2) is 9.97 Å². The first kappa shape index (κ1) is 13.6. The highest BCUT2D eigenvalue weighted by molar-refractivity contribution is 7.71. The third kappa shape index (κ3) is 1.95. The SMILES string of the molecule is CN[C@@H]1[C@@H](O)[C@@H](n2cnc3c(=S)nc[nH]c32)O[C@@H]1CO. The van der Waals surface area contributed by atoms with Crippen LogP contribution in [-0.4, -0.2) is 61.6 Å². The third-order valence-electron chi connectivity index (χ3n) is 3.54. The Morgan fingerprint density at radius 3 is 3.00 bits per heavy atom. The summed E-state index contributed by atoms with van der Waals surface area (Å²) in [6.07, 6.45) is 1.07. The van der Waals surface area contributed by atoms with Crippen molar-refractivity contribution in [2.45, 2.75) is 24.5 Å². The van der Waals surface area contributed by atoms with Gasteiger partial charge in [0, 0.05) is 0 Å². The molecule has 1 saturated heterocycles. The summed E-state index contributed by atoms with van der Waals surface area (Å²) in [4.78, 5) is 11.1. The zero-order valence-corrected chi connectivity index (χ0v) is 11.5. The van der Waals surface area contributed by atoms with Gasteiger partial charge in [0.1, 0.15) is 23.4 Å². The molecule has 108 valence electrons. The fourth-order valence-electron chi connectivity index (χ4n) is 2.55. The van der Waals surface area contributed by atoms with Gasteiger partial charge < -0.3 is 25.3 Å². The van der Waals surface area contributed by atoms with Crippen LogP contribution in [0.3, 0.4) is 0 Å². The molecule has 3 rings (SSSR count). The van der Waals surface area contributed by atoms with E-state index in [1.807, 2.05) is 0 Å². The molecule has 0 bridgehead atoms. The summed E-state index contributed by atoms with van der Waals surface area (Å²) in [6, 6.07) is -0.354. The number of rotatable bonds is 3. The van der Waals surface area contributed by atoms with Crippen molar-refractivity contribution in [3.8, 4) is 0 Å². The monoisotopic (exact) mass is 297 g/mol. The zero-order valence-electron chi connectivity index (χ0n) is 10.7. The first-order valence-electron chi connectivity index (χ1n) is 6.19. The Morgan fingerprint density at radius 2 is 2.35 bits per heavy atom. The summed E-state index contributed by atoms with van der Waals surface area (Å²) >= 11 is 5.10. The van der Waals surface area contributed by atoms with Gasteiger partial charge in [-0.1, -0.05) is 12.2 Å². The van der Waals surface area contributed by atoms with E-state index in [9.17, 15) is 10.2 Å². The van der Waals surface area contributed by atoms with Crippen LogP contribution in [-0.2, 0) is 4.74 Å². The summed E-state index contributed by atoms with van der Waals surface area (Å²) in [5.74, 6) is 0. The molecule has 9 heteroatoms. The van der Waals surface area contributed by atoms with Gasteiger partial charge in [-0.3, -0.25) is 4.57 Å². The molecular weight excluding hydrogens is 282 g/mol. The van der Waals surface area contributed by atoms with Crippen LogP contribution in [0.1, 0.15) is 6.23 Å². The van der Waals surface area contributed by atoms with E-state index >= 15 is 0 Å². The molecule has 0 unspecified atom stereocenters. The Morgan fingerprint density at radius 1 is 1.55 bits per heavy atom. The number of aliphatic hydroxyl groups excluding tert-OH is 2. The number of nitrogens with zero attached hydrogens (tertiary/aromatic N) is 3. The number of likely N-dealkylation sites (N-methyl/N-ethyl adjacent to an activating group) is 1. The predicted octanol–water partition coefficient (Wildman–Crippen LogP) is -0.673. The highest BCUT2D eigenvalue weighted by atomic mass is 32.1. The first-order valence-corrected chi connectivity index (χ1v) is 6.60. The van der Waals surface area contributed by atoms with Crippen molar-refractivity contribution in [1.82, 2.24) is 24.8 Å². The number of imidazole rings is 1. The molecule has 1 aliphatic heterocycles. The number of nitrogens with one attached hydrogen (secondary N) is 2. The fraction of sp³-hybridized carbons (Fsp3) is 0.545. The summed E-state index contributed by atoms with van der Waals surface area (Å²) in [7, 11) is 1.71. The Hall–Kier alpha value is -1.39. The standard InChI is InChI=1S/C11H15N5O3S/c1-12-6-5(2-17)19-11(8(6)18)16-4-15-7-9(16)13-3-14-10(7)20/h3-6,8,11-12,17-18H,2H2,1H3,(H,13,14,20)/t5-,6+,8-,11+/m1/s1. The lowest BCUT2D eigenvalue weighted by atomic mass is 10.1. The molecule has 0 amide bonds. The molecule has 0 spiro atoms. The second-order valence-corrected chi connectivity index (χ2v) is 5.00. The topological polar surface area (TPSA) is 108 Å². The van der Waals surface area contributed by atoms with Crippen LogP contribution in [0, 0.1) is 4.64 Å². The lowest BCUT2D eigenvalue weighted by Gasteiger charge is -2.18. The fourth-order valence-corrected chi connectivity index (χ4v) is 2.75. The number of H-pyrrole nitrogens is 1. The predicted molar refractivity (Wildman–Crippen MR) is 72.6 cm³/mol. The molecule has 20 heavy (non-hydrogen) atoms. The van der Waals surface area contributed by atoms with E-state index in [0.29, 0.717) is 15.8 Å². The van der Waals surface area contributed by atoms with Crippen molar-refractivity contribution < 1.29 is 14.9 Å². The summed E-state index contributed by atoms with van der Waals surface area (Å²) in [5.41, 5.74) is 1.18. The minimum absolute atomic E-state index is 0.177. The summed E-state index contributed by atoms with van der Waals surface area (Å²) in [5, 5.41) is 22.6. The van der Waals surface area contributed by atoms with Crippen LogP contribution in [0.25, 0.3) is 11.2 Å². The lowest BCUT2D eigenvalue weighted by molar-refractivity contribution is -0.0489. The van der Waals surface area contributed by atoms with E-state index in [-0.39, 0.29) is 12.6 Å². The lowest BCUT2D eigenvalue weighted by Crippen LogP contribution is -2.43. The van der Waals surface area contributed by atoms with Crippen molar-refractivity contribution in [2.75, 3.05) is 13.7 Å². The molecule has 8 nitrogen and oxygen atoms in total. The Bertz CT molecular complexity index is 671. The van der Waals surface area contributed by atoms with Crippen molar-refractivity contribution in [3.63, 3.8) is 0 Å². The van der Waals surface area contributed by atoms with E-state index in [1.54, 1.807) is 17.9 Å². The third-order valence-corrected chi connectivity index (χ3v) is 3.84. The van der Waals surface area contributed by atoms with Crippen LogP contribution >= 0.6 is 12.2 Å². The van der Waals surface area contributed by atoms with Crippen LogP contribution in [0.2, 0.25) is 0 Å². The van der Waals surface area contributed by atoms with E-state index in [1.165, 1.54) is 6.33 Å². The number of hydrogen-bond donors (Lipinski definition) is 4. The maximum atomic E-state index is 10.3. The van der Waals surface area contributed by atoms with Crippen LogP contribution in [0.5, 0.6) is 0 Å². The number of aromatic nitrogens is 4. The van der Waals surface area contributed by atoms with Crippen molar-refractivity contribution in [1.29, 1.82) is 0 Å². The molecule has 2 aromatic heterocycles. The van der Waals surface area contributed by atoms with Gasteiger partial charge >= 0.3 is 0 Å². The van der Waals surface area contributed by atoms with E-state index in [2.05, 4.69) is 20.3 Å². The molecule has 0 aliphatic carbocycles. The molecule has 4 N–H and O–H groups in total. The van der Waals surface area contributed by atoms with E-state index in [0.717, 1.165) is 0 Å². The molecular formula is C11H15N5O3S. The number of aromatic amines is 1. The highest BCUT2D eigenvalue weighted by Gasteiger charge is 2.43. The van der Waals surface area contributed by atoms with Gasteiger partial charge in [-0.15, -0.1) is 0 Å². The maximum absolute atomic E-state index is 10.3. The second kappa shape index (κ2) is 5.19. The minimum atomic E-state index is -0.815. The van der Waals surface area contributed by atoms with Gasteiger partial charge in [-0.2, -0.15) is 0 Å². The van der Waals surface area contributed by atoms with Crippen LogP contribution in [0.15, 0.2) is 12.7 Å². The molecule has 0 saturated carbocycles. The smallest absolute Gasteiger partial charge is 0.164 e. The van der Waals surface area contributed by atoms with Crippen LogP contribution < -0.4 is 5.32 Å². The van der Waals surface area contributed by atoms with Crippen molar-refractivity contribution in [3.05, 3.63) is 17.3 Å². The maximum Gasteiger partial charge on any atom is 0.164 e. The average molecular weight is 297 g/mol. The normalized spacial score (nSPS) is 30.1. The molecule has 2 aromatic rings. The quantitative estimate of drug-likeness (QED) is 0.556. The van der Waals surface area contributed by atoms with Gasteiger partial charge in [-0.05, 0) is 7.05 Å². The molecule has 1 aliphatic rings. The molecule has 0 radical (unpaired) electrons. The van der Waals surface area contributed by atoms with Gasteiger partial charge in [0.25, 0.3) is 0 Å². The second-order valence-electron chi connectivity index (χ2n) is 4.61. The first-order chi connectivity index (χ1) is 9.67. The number of aliphatic hydroxyl groups is 2. The Balaban J connectivity index is 2.04. The Labute approximate surface area is 119 Å². The van der Waals surface area contributed by atoms with Crippen molar-refractivity contribution in [2.24, 2.45) is 0 Å². The number of fused-ring (bicyclic) bond motifs is 1. The minimum Gasteiger partial charge on any atom is -0.394 e. The molecule has 0 aromatic carbocycles. The number of hydrogen-bond acceptors (Lipinski definition) is 7. The van der Waals surface area contributed by atoms with E-state index < -0.39 is 18.4 Å². The van der Waals surface area contributed by atoms with Crippen molar-refractivity contribution >= 4 is 23.4 Å². The van der Waals surface area contributed by atoms with Crippen LogP contribution in [0.4, 0.5) is 0 Å². The van der Waals surface area contributed by atoms with Gasteiger partial charge in [0.15, 0.2) is 10.9 Å². The highest BCUT2D eigenvalue weighted by Crippen LogP contribution is 2.30. The molecule has 3 heterocycles. The molecule has 4 atom stereocenters. The summed E-state index contributed by atoms with van der Waals surface area (Å²) in [6.45, 7) is -0.177. The largest absolute Gasteiger partial charge is 0.394 e. The average Bonchev–Trinajstić information content (AvgIpc) is 3.00. The number of ether oxygens (including phenoxy) is 1. The van der Waals surface area contributed by atoms with Gasteiger partial charge in [0.05, 0.1) is 25.3 Å². The Kier molecular flexibility index (Phi) is 3.52. The van der Waals surface area contributed by atoms with E-state index in [4.69, 9.17) is 17.0 Å². The molecule has 1 fully saturated rings. The van der Waals surface area contributed by atoms with Gasteiger partial charge in [0.2, 0.25) is 0 Å². The summed E-state index contributed by atoms with van der Waals surface area (Å²) < 4.78 is 7.75.